The summed E-state index contributed by atoms with van der Waals surface area (Å²) in [5.41, 5.74) is 0.394. The summed E-state index contributed by atoms with van der Waals surface area (Å²) in [7, 11) is 1.65. The monoisotopic (exact) mass is 280 g/mol. The fourth-order valence-corrected chi connectivity index (χ4v) is 5.33. The molecule has 2 saturated carbocycles. The second kappa shape index (κ2) is 3.86. The predicted molar refractivity (Wildman–Crippen MR) is 73.0 cm³/mol. The number of rotatable bonds is 1. The van der Waals surface area contributed by atoms with Crippen LogP contribution in [0.2, 0.25) is 0 Å². The molecule has 2 saturated heterocycles. The summed E-state index contributed by atoms with van der Waals surface area (Å²) in [6.07, 6.45) is 1.79. The molecule has 1 unspecified atom stereocenters. The second-order valence-electron chi connectivity index (χ2n) is 7.38. The van der Waals surface area contributed by atoms with Crippen LogP contribution in [0.25, 0.3) is 0 Å². The van der Waals surface area contributed by atoms with Gasteiger partial charge in [-0.05, 0) is 30.3 Å². The van der Waals surface area contributed by atoms with Crippen LogP contribution in [-0.4, -0.2) is 43.4 Å². The summed E-state index contributed by atoms with van der Waals surface area (Å²) < 4.78 is 17.1. The Bertz CT molecular complexity index is 463. The van der Waals surface area contributed by atoms with Gasteiger partial charge in [0.05, 0.1) is 30.3 Å². The molecule has 4 heteroatoms. The molecule has 2 heterocycles. The number of ether oxygens (including phenoxy) is 3. The topological polar surface area (TPSA) is 51.2 Å². The van der Waals surface area contributed by atoms with Crippen molar-refractivity contribution in [1.29, 1.82) is 0 Å². The number of aliphatic hydroxyl groups is 1. The van der Waals surface area contributed by atoms with Crippen molar-refractivity contribution in [2.24, 2.45) is 22.7 Å². The van der Waals surface area contributed by atoms with Gasteiger partial charge in [0.25, 0.3) is 0 Å². The van der Waals surface area contributed by atoms with Crippen molar-refractivity contribution in [3.63, 3.8) is 0 Å². The normalized spacial score (nSPS) is 60.7. The van der Waals surface area contributed by atoms with Crippen LogP contribution in [0.15, 0.2) is 12.2 Å². The molecule has 8 atom stereocenters. The smallest absolute Gasteiger partial charge is 0.169 e. The predicted octanol–water partition coefficient (Wildman–Crippen LogP) is 1.73. The summed E-state index contributed by atoms with van der Waals surface area (Å²) in [4.78, 5) is 0. The SMILES string of the molecule is C=C1COC(OC)[C@]12C[C@@H]1[C@@H]3O[C@@H]3C[C@@H](C)[C@]1(C)[C@H]2O. The van der Waals surface area contributed by atoms with Crippen molar-refractivity contribution in [3.8, 4) is 0 Å². The van der Waals surface area contributed by atoms with Crippen LogP contribution in [0.4, 0.5) is 0 Å². The van der Waals surface area contributed by atoms with Crippen LogP contribution < -0.4 is 0 Å². The van der Waals surface area contributed by atoms with Crippen LogP contribution >= 0.6 is 0 Å². The van der Waals surface area contributed by atoms with E-state index in [1.165, 1.54) is 0 Å². The van der Waals surface area contributed by atoms with E-state index in [9.17, 15) is 5.11 Å². The molecule has 1 spiro atoms. The Morgan fingerprint density at radius 3 is 2.90 bits per heavy atom. The first-order valence-electron chi connectivity index (χ1n) is 7.62. The highest BCUT2D eigenvalue weighted by Crippen LogP contribution is 2.69. The number of hydrogen-bond donors (Lipinski definition) is 1. The molecule has 2 aliphatic carbocycles. The average molecular weight is 280 g/mol. The van der Waals surface area contributed by atoms with E-state index in [-0.39, 0.29) is 11.7 Å². The molecule has 2 aliphatic heterocycles. The van der Waals surface area contributed by atoms with Crippen molar-refractivity contribution < 1.29 is 19.3 Å². The highest BCUT2D eigenvalue weighted by Gasteiger charge is 2.73. The van der Waals surface area contributed by atoms with Crippen molar-refractivity contribution in [2.45, 2.75) is 51.3 Å². The summed E-state index contributed by atoms with van der Waals surface area (Å²) in [5, 5.41) is 11.2. The largest absolute Gasteiger partial charge is 0.391 e. The van der Waals surface area contributed by atoms with Crippen LogP contribution in [-0.2, 0) is 14.2 Å². The molecule has 0 radical (unpaired) electrons. The van der Waals surface area contributed by atoms with E-state index in [0.29, 0.717) is 30.7 Å². The molecular formula is C16H24O4. The van der Waals surface area contributed by atoms with Gasteiger partial charge < -0.3 is 19.3 Å². The summed E-state index contributed by atoms with van der Waals surface area (Å²) in [6, 6.07) is 0. The zero-order chi connectivity index (χ0) is 14.3. The lowest BCUT2D eigenvalue weighted by Crippen LogP contribution is -2.50. The minimum atomic E-state index is -0.472. The van der Waals surface area contributed by atoms with E-state index in [2.05, 4.69) is 20.4 Å². The van der Waals surface area contributed by atoms with Gasteiger partial charge in [0.1, 0.15) is 0 Å². The van der Waals surface area contributed by atoms with Crippen molar-refractivity contribution >= 4 is 0 Å². The van der Waals surface area contributed by atoms with E-state index in [1.807, 2.05) is 0 Å². The van der Waals surface area contributed by atoms with Crippen LogP contribution in [0, 0.1) is 22.7 Å². The fourth-order valence-electron chi connectivity index (χ4n) is 5.33. The van der Waals surface area contributed by atoms with Gasteiger partial charge in [0.15, 0.2) is 6.29 Å². The van der Waals surface area contributed by atoms with Gasteiger partial charge in [-0.15, -0.1) is 0 Å². The molecule has 0 aromatic carbocycles. The fraction of sp³-hybridized carbons (Fsp3) is 0.875. The van der Waals surface area contributed by atoms with Gasteiger partial charge in [-0.25, -0.2) is 0 Å². The number of epoxide rings is 1. The maximum Gasteiger partial charge on any atom is 0.169 e. The molecular weight excluding hydrogens is 256 g/mol. The van der Waals surface area contributed by atoms with Crippen LogP contribution in [0.3, 0.4) is 0 Å². The number of aliphatic hydroxyl groups excluding tert-OH is 1. The molecule has 1 N–H and O–H groups in total. The third-order valence-electron chi connectivity index (χ3n) is 6.80. The molecule has 0 bridgehead atoms. The van der Waals surface area contributed by atoms with Gasteiger partial charge in [-0.1, -0.05) is 20.4 Å². The van der Waals surface area contributed by atoms with E-state index in [0.717, 1.165) is 18.4 Å². The lowest BCUT2D eigenvalue weighted by atomic mass is 9.61. The van der Waals surface area contributed by atoms with Crippen LogP contribution in [0.5, 0.6) is 0 Å². The van der Waals surface area contributed by atoms with Gasteiger partial charge in [-0.3, -0.25) is 0 Å². The first-order valence-corrected chi connectivity index (χ1v) is 7.62. The quantitative estimate of drug-likeness (QED) is 0.587. The standard InChI is InChI=1S/C16H24O4/c1-8-5-11-12(20-11)10-6-16(13(17)15(8,10)3)9(2)7-19-14(16)18-4/h8,10-14,17H,2,5-7H2,1,3-4H3/t8-,10-,11-,12+,13-,14?,15+,16-/m1/s1. The molecule has 4 aliphatic rings. The van der Waals surface area contributed by atoms with E-state index >= 15 is 0 Å². The van der Waals surface area contributed by atoms with Crippen molar-refractivity contribution in [2.75, 3.05) is 13.7 Å². The van der Waals surface area contributed by atoms with Gasteiger partial charge in [0, 0.05) is 12.5 Å². The molecule has 4 fully saturated rings. The second-order valence-corrected chi connectivity index (χ2v) is 7.38. The molecule has 4 nitrogen and oxygen atoms in total. The Morgan fingerprint density at radius 2 is 2.20 bits per heavy atom. The lowest BCUT2D eigenvalue weighted by Gasteiger charge is -2.44. The summed E-state index contributed by atoms with van der Waals surface area (Å²) in [6.45, 7) is 9.14. The first-order chi connectivity index (χ1) is 9.46. The van der Waals surface area contributed by atoms with Crippen molar-refractivity contribution in [1.82, 2.24) is 0 Å². The number of fused-ring (bicyclic) bond motifs is 3. The lowest BCUT2D eigenvalue weighted by molar-refractivity contribution is -0.173. The Morgan fingerprint density at radius 1 is 1.45 bits per heavy atom. The Labute approximate surface area is 120 Å². The number of hydrogen-bond acceptors (Lipinski definition) is 4. The maximum absolute atomic E-state index is 11.2. The molecule has 4 rings (SSSR count). The zero-order valence-electron chi connectivity index (χ0n) is 12.5. The Hall–Kier alpha value is -0.420. The Balaban J connectivity index is 1.79. The highest BCUT2D eigenvalue weighted by molar-refractivity contribution is 5.29. The minimum Gasteiger partial charge on any atom is -0.391 e. The van der Waals surface area contributed by atoms with Gasteiger partial charge >= 0.3 is 0 Å². The maximum atomic E-state index is 11.2. The number of methoxy groups -OCH3 is 1. The summed E-state index contributed by atoms with van der Waals surface area (Å²) >= 11 is 0. The van der Waals surface area contributed by atoms with E-state index in [4.69, 9.17) is 14.2 Å². The van der Waals surface area contributed by atoms with Crippen molar-refractivity contribution in [3.05, 3.63) is 12.2 Å². The third kappa shape index (κ3) is 1.27. The van der Waals surface area contributed by atoms with Crippen LogP contribution in [0.1, 0.15) is 26.7 Å². The van der Waals surface area contributed by atoms with E-state index < -0.39 is 11.5 Å². The first kappa shape index (κ1) is 13.3. The average Bonchev–Trinajstić information content (AvgIpc) is 3.05. The minimum absolute atomic E-state index is 0.134. The van der Waals surface area contributed by atoms with E-state index in [1.54, 1.807) is 7.11 Å². The van der Waals surface area contributed by atoms with Gasteiger partial charge in [0.2, 0.25) is 0 Å². The molecule has 0 aromatic heterocycles. The summed E-state index contributed by atoms with van der Waals surface area (Å²) in [5.74, 6) is 0.818. The highest BCUT2D eigenvalue weighted by atomic mass is 16.7. The molecule has 0 amide bonds. The zero-order valence-corrected chi connectivity index (χ0v) is 12.5. The van der Waals surface area contributed by atoms with Gasteiger partial charge in [-0.2, -0.15) is 0 Å². The third-order valence-corrected chi connectivity index (χ3v) is 6.80. The molecule has 112 valence electrons. The molecule has 20 heavy (non-hydrogen) atoms. The Kier molecular flexibility index (Phi) is 2.56. The molecule has 0 aromatic rings.